The van der Waals surface area contributed by atoms with E-state index in [2.05, 4.69) is 129 Å². The van der Waals surface area contributed by atoms with Crippen LogP contribution in [0.15, 0.2) is 140 Å². The van der Waals surface area contributed by atoms with Gasteiger partial charge in [0.25, 0.3) is 0 Å². The van der Waals surface area contributed by atoms with Gasteiger partial charge in [0.2, 0.25) is 0 Å². The molecule has 0 atom stereocenters. The molecule has 8 rings (SSSR count). The van der Waals surface area contributed by atoms with Gasteiger partial charge in [-0.1, -0.05) is 153 Å². The van der Waals surface area contributed by atoms with E-state index in [4.69, 9.17) is 15.0 Å². The molecule has 6 aromatic carbocycles. The van der Waals surface area contributed by atoms with Gasteiger partial charge >= 0.3 is 0 Å². The fourth-order valence-corrected chi connectivity index (χ4v) is 6.72. The molecule has 3 nitrogen and oxygen atoms in total. The van der Waals surface area contributed by atoms with Gasteiger partial charge in [0.1, 0.15) is 0 Å². The average Bonchev–Trinajstić information content (AvgIpc) is 3.32. The van der Waals surface area contributed by atoms with Crippen molar-refractivity contribution in [2.45, 2.75) is 19.3 Å². The normalized spacial score (nSPS) is 13.1. The number of rotatable bonds is 4. The molecule has 0 unspecified atom stereocenters. The maximum absolute atomic E-state index is 5.22. The van der Waals surface area contributed by atoms with E-state index in [-0.39, 0.29) is 5.41 Å². The van der Waals surface area contributed by atoms with Crippen molar-refractivity contribution in [3.63, 3.8) is 0 Å². The molecule has 43 heavy (non-hydrogen) atoms. The maximum atomic E-state index is 5.22. The molecule has 3 heteroatoms. The number of aromatic nitrogens is 3. The second kappa shape index (κ2) is 9.85. The molecule has 204 valence electrons. The first kappa shape index (κ1) is 25.3. The smallest absolute Gasteiger partial charge is 0.164 e. The largest absolute Gasteiger partial charge is 0.208 e. The predicted molar refractivity (Wildman–Crippen MR) is 177 cm³/mol. The Hall–Kier alpha value is -5.41. The van der Waals surface area contributed by atoms with Crippen LogP contribution in [0.25, 0.3) is 67.2 Å². The van der Waals surface area contributed by atoms with E-state index < -0.39 is 0 Å². The fraction of sp³-hybridized carbons (Fsp3) is 0.0750. The van der Waals surface area contributed by atoms with Crippen LogP contribution in [0.1, 0.15) is 25.0 Å². The Labute approximate surface area is 251 Å². The van der Waals surface area contributed by atoms with Crippen LogP contribution in [0, 0.1) is 0 Å². The monoisotopic (exact) mass is 551 g/mol. The summed E-state index contributed by atoms with van der Waals surface area (Å²) in [6, 6.07) is 48.8. The molecule has 0 N–H and O–H groups in total. The van der Waals surface area contributed by atoms with Gasteiger partial charge in [0.05, 0.1) is 0 Å². The second-order valence-electron chi connectivity index (χ2n) is 11.6. The van der Waals surface area contributed by atoms with E-state index in [0.29, 0.717) is 17.5 Å². The molecule has 1 aromatic heterocycles. The first-order valence-corrected chi connectivity index (χ1v) is 14.7. The van der Waals surface area contributed by atoms with Crippen LogP contribution in [0.2, 0.25) is 0 Å². The first-order valence-electron chi connectivity index (χ1n) is 14.7. The van der Waals surface area contributed by atoms with Crippen LogP contribution in [0.5, 0.6) is 0 Å². The minimum Gasteiger partial charge on any atom is -0.208 e. The average molecular weight is 552 g/mol. The molecule has 0 radical (unpaired) electrons. The van der Waals surface area contributed by atoms with Crippen molar-refractivity contribution in [2.75, 3.05) is 0 Å². The Balaban J connectivity index is 1.40. The molecule has 1 aliphatic rings. The fourth-order valence-electron chi connectivity index (χ4n) is 6.72. The zero-order chi connectivity index (χ0) is 29.0. The summed E-state index contributed by atoms with van der Waals surface area (Å²) in [5.41, 5.74) is 10.1. The molecule has 0 bridgehead atoms. The minimum absolute atomic E-state index is 0.167. The standard InChI is InChI=1S/C40H29N3/c1-40(2)34-23-13-22-33(35(34)32-25-24-27-16-9-10-20-30(27)36(32)40)39-42-37(28-17-7-4-8-18-28)41-38(43-39)31-21-12-11-19-29(31)26-14-5-3-6-15-26/h3-25H,1-2H3. The van der Waals surface area contributed by atoms with Crippen molar-refractivity contribution in [2.24, 2.45) is 0 Å². The summed E-state index contributed by atoms with van der Waals surface area (Å²) >= 11 is 0. The van der Waals surface area contributed by atoms with Crippen molar-refractivity contribution in [1.82, 2.24) is 15.0 Å². The Morgan fingerprint density at radius 3 is 1.77 bits per heavy atom. The van der Waals surface area contributed by atoms with Crippen LogP contribution >= 0.6 is 0 Å². The van der Waals surface area contributed by atoms with Gasteiger partial charge in [-0.15, -0.1) is 0 Å². The molecule has 0 saturated carbocycles. The summed E-state index contributed by atoms with van der Waals surface area (Å²) in [6.07, 6.45) is 0. The highest BCUT2D eigenvalue weighted by atomic mass is 15.0. The van der Waals surface area contributed by atoms with Crippen LogP contribution in [-0.4, -0.2) is 15.0 Å². The molecular weight excluding hydrogens is 522 g/mol. The Bertz CT molecular complexity index is 2150. The molecule has 0 spiro atoms. The summed E-state index contributed by atoms with van der Waals surface area (Å²) in [5, 5.41) is 2.56. The highest BCUT2D eigenvalue weighted by molar-refractivity contribution is 6.01. The van der Waals surface area contributed by atoms with Crippen molar-refractivity contribution in [1.29, 1.82) is 0 Å². The molecule has 0 aliphatic heterocycles. The van der Waals surface area contributed by atoms with Crippen molar-refractivity contribution in [3.8, 4) is 56.4 Å². The minimum atomic E-state index is -0.167. The summed E-state index contributed by atoms with van der Waals surface area (Å²) in [5.74, 6) is 2.01. The number of hydrogen-bond acceptors (Lipinski definition) is 3. The van der Waals surface area contributed by atoms with Gasteiger partial charge in [-0.3, -0.25) is 0 Å². The van der Waals surface area contributed by atoms with Crippen molar-refractivity contribution < 1.29 is 0 Å². The van der Waals surface area contributed by atoms with E-state index in [9.17, 15) is 0 Å². The van der Waals surface area contributed by atoms with E-state index in [1.807, 2.05) is 24.3 Å². The lowest BCUT2D eigenvalue weighted by Gasteiger charge is -2.23. The van der Waals surface area contributed by atoms with Crippen molar-refractivity contribution in [3.05, 3.63) is 151 Å². The van der Waals surface area contributed by atoms with Crippen LogP contribution in [-0.2, 0) is 5.41 Å². The Morgan fingerprint density at radius 1 is 0.419 bits per heavy atom. The van der Waals surface area contributed by atoms with Crippen LogP contribution < -0.4 is 0 Å². The summed E-state index contributed by atoms with van der Waals surface area (Å²) in [7, 11) is 0. The molecular formula is C40H29N3. The lowest BCUT2D eigenvalue weighted by Crippen LogP contribution is -2.15. The van der Waals surface area contributed by atoms with Gasteiger partial charge in [0.15, 0.2) is 17.5 Å². The quantitative estimate of drug-likeness (QED) is 0.218. The lowest BCUT2D eigenvalue weighted by atomic mass is 9.80. The van der Waals surface area contributed by atoms with E-state index in [1.165, 1.54) is 33.0 Å². The third-order valence-electron chi connectivity index (χ3n) is 8.72. The topological polar surface area (TPSA) is 38.7 Å². The first-order chi connectivity index (χ1) is 21.1. The van der Waals surface area contributed by atoms with Crippen LogP contribution in [0.3, 0.4) is 0 Å². The number of fused-ring (bicyclic) bond motifs is 5. The summed E-state index contributed by atoms with van der Waals surface area (Å²) in [6.45, 7) is 4.66. The molecule has 0 fully saturated rings. The van der Waals surface area contributed by atoms with E-state index >= 15 is 0 Å². The zero-order valence-corrected chi connectivity index (χ0v) is 24.1. The third-order valence-corrected chi connectivity index (χ3v) is 8.72. The zero-order valence-electron chi connectivity index (χ0n) is 24.1. The molecule has 1 heterocycles. The third kappa shape index (κ3) is 4.08. The molecule has 1 aliphatic carbocycles. The molecule has 0 saturated heterocycles. The Kier molecular flexibility index (Phi) is 5.80. The Morgan fingerprint density at radius 2 is 1.00 bits per heavy atom. The van der Waals surface area contributed by atoms with Crippen molar-refractivity contribution >= 4 is 10.8 Å². The lowest BCUT2D eigenvalue weighted by molar-refractivity contribution is 0.666. The number of benzene rings is 6. The highest BCUT2D eigenvalue weighted by Gasteiger charge is 2.38. The molecule has 0 amide bonds. The highest BCUT2D eigenvalue weighted by Crippen LogP contribution is 2.54. The molecule has 7 aromatic rings. The second-order valence-corrected chi connectivity index (χ2v) is 11.6. The van der Waals surface area contributed by atoms with Gasteiger partial charge in [0, 0.05) is 22.1 Å². The van der Waals surface area contributed by atoms with Gasteiger partial charge < -0.3 is 0 Å². The van der Waals surface area contributed by atoms with E-state index in [1.54, 1.807) is 0 Å². The maximum Gasteiger partial charge on any atom is 0.164 e. The summed E-state index contributed by atoms with van der Waals surface area (Å²) in [4.78, 5) is 15.4. The SMILES string of the molecule is CC1(C)c2cccc(-c3nc(-c4ccccc4)nc(-c4ccccc4-c4ccccc4)n3)c2-c2ccc3ccccc3c21. The van der Waals surface area contributed by atoms with Gasteiger partial charge in [-0.05, 0) is 44.2 Å². The predicted octanol–water partition coefficient (Wildman–Crippen LogP) is 10.00. The number of hydrogen-bond donors (Lipinski definition) is 0. The van der Waals surface area contributed by atoms with Crippen LogP contribution in [0.4, 0.5) is 0 Å². The van der Waals surface area contributed by atoms with Gasteiger partial charge in [-0.25, -0.2) is 15.0 Å². The summed E-state index contributed by atoms with van der Waals surface area (Å²) < 4.78 is 0. The van der Waals surface area contributed by atoms with E-state index in [0.717, 1.165) is 27.8 Å². The van der Waals surface area contributed by atoms with Gasteiger partial charge in [-0.2, -0.15) is 0 Å². The number of nitrogens with zero attached hydrogens (tertiary/aromatic N) is 3.